The molecule has 0 radical (unpaired) electrons. The van der Waals surface area contributed by atoms with Crippen LogP contribution >= 0.6 is 11.6 Å². The van der Waals surface area contributed by atoms with Crippen LogP contribution in [-0.2, 0) is 6.42 Å². The number of fused-ring (bicyclic) bond motifs is 1. The van der Waals surface area contributed by atoms with Gasteiger partial charge in [0.25, 0.3) is 5.91 Å². The van der Waals surface area contributed by atoms with E-state index in [1.165, 1.54) is 0 Å². The number of amides is 1. The molecule has 0 aliphatic heterocycles. The van der Waals surface area contributed by atoms with E-state index in [9.17, 15) is 4.79 Å². The third-order valence-electron chi connectivity index (χ3n) is 4.55. The van der Waals surface area contributed by atoms with E-state index in [-0.39, 0.29) is 5.91 Å². The van der Waals surface area contributed by atoms with Gasteiger partial charge in [0, 0.05) is 23.7 Å². The molecule has 2 aromatic heterocycles. The number of oxazole rings is 1. The highest BCUT2D eigenvalue weighted by Crippen LogP contribution is 2.24. The van der Waals surface area contributed by atoms with Crippen LogP contribution in [0.2, 0.25) is 5.02 Å². The van der Waals surface area contributed by atoms with Crippen LogP contribution in [0.5, 0.6) is 0 Å². The maximum atomic E-state index is 12.7. The van der Waals surface area contributed by atoms with Gasteiger partial charge < -0.3 is 9.73 Å². The Labute approximate surface area is 167 Å². The first-order valence-electron chi connectivity index (χ1n) is 8.99. The van der Waals surface area contributed by atoms with Crippen LogP contribution < -0.4 is 5.32 Å². The maximum Gasteiger partial charge on any atom is 0.255 e. The number of aryl methyl sites for hydroxylation is 2. The van der Waals surface area contributed by atoms with E-state index >= 15 is 0 Å². The van der Waals surface area contributed by atoms with Crippen LogP contribution in [0.4, 0.5) is 5.69 Å². The van der Waals surface area contributed by atoms with Crippen LogP contribution in [0.1, 0.15) is 34.6 Å². The molecule has 0 fully saturated rings. The number of anilines is 1. The van der Waals surface area contributed by atoms with Crippen molar-refractivity contribution in [1.82, 2.24) is 14.8 Å². The van der Waals surface area contributed by atoms with E-state index in [4.69, 9.17) is 16.0 Å². The van der Waals surface area contributed by atoms with Crippen LogP contribution in [-0.4, -0.2) is 20.7 Å². The Bertz CT molecular complexity index is 1190. The lowest BCUT2D eigenvalue weighted by molar-refractivity contribution is 0.102. The van der Waals surface area contributed by atoms with Crippen LogP contribution in [0.25, 0.3) is 16.8 Å². The van der Waals surface area contributed by atoms with Gasteiger partial charge in [-0.3, -0.25) is 4.79 Å². The lowest BCUT2D eigenvalue weighted by atomic mass is 10.1. The second kappa shape index (κ2) is 7.13. The van der Waals surface area contributed by atoms with E-state index < -0.39 is 0 Å². The zero-order chi connectivity index (χ0) is 19.8. The highest BCUT2D eigenvalue weighted by molar-refractivity contribution is 6.31. The monoisotopic (exact) mass is 394 g/mol. The quantitative estimate of drug-likeness (QED) is 0.522. The van der Waals surface area contributed by atoms with E-state index in [1.807, 2.05) is 45.0 Å². The van der Waals surface area contributed by atoms with Crippen LogP contribution in [0, 0.1) is 13.8 Å². The molecule has 0 aliphatic carbocycles. The number of benzene rings is 2. The van der Waals surface area contributed by atoms with E-state index in [0.29, 0.717) is 27.7 Å². The summed E-state index contributed by atoms with van der Waals surface area (Å²) in [5, 5.41) is 7.97. The number of carbonyl (C=O) groups excluding carboxylic acids is 1. The summed E-state index contributed by atoms with van der Waals surface area (Å²) < 4.78 is 7.40. The molecule has 142 valence electrons. The molecule has 0 atom stereocenters. The van der Waals surface area contributed by atoms with Crippen molar-refractivity contribution >= 4 is 34.3 Å². The SMILES string of the molecule is CCc1nc2ccc(NC(=O)c3cccc(-n4nc(C)c(Cl)c4C)c3)cc2o1. The van der Waals surface area contributed by atoms with Crippen molar-refractivity contribution in [2.45, 2.75) is 27.2 Å². The van der Waals surface area contributed by atoms with Gasteiger partial charge in [-0.1, -0.05) is 24.6 Å². The molecule has 0 bridgehead atoms. The summed E-state index contributed by atoms with van der Waals surface area (Å²) in [6.45, 7) is 5.73. The van der Waals surface area contributed by atoms with Gasteiger partial charge >= 0.3 is 0 Å². The van der Waals surface area contributed by atoms with Gasteiger partial charge in [-0.2, -0.15) is 5.10 Å². The normalized spacial score (nSPS) is 11.1. The average molecular weight is 395 g/mol. The van der Waals surface area contributed by atoms with Gasteiger partial charge in [-0.15, -0.1) is 0 Å². The van der Waals surface area contributed by atoms with Crippen molar-refractivity contribution in [1.29, 1.82) is 0 Å². The minimum atomic E-state index is -0.218. The number of nitrogens with one attached hydrogen (secondary N) is 1. The van der Waals surface area contributed by atoms with E-state index in [1.54, 1.807) is 22.9 Å². The van der Waals surface area contributed by atoms with Crippen LogP contribution in [0.15, 0.2) is 46.9 Å². The molecule has 28 heavy (non-hydrogen) atoms. The molecule has 0 spiro atoms. The minimum absolute atomic E-state index is 0.218. The average Bonchev–Trinajstić information content (AvgIpc) is 3.23. The van der Waals surface area contributed by atoms with Gasteiger partial charge in [-0.25, -0.2) is 9.67 Å². The first kappa shape index (κ1) is 18.3. The lowest BCUT2D eigenvalue weighted by Crippen LogP contribution is -2.12. The number of rotatable bonds is 4. The predicted octanol–water partition coefficient (Wildman–Crippen LogP) is 5.10. The molecule has 7 heteroatoms. The zero-order valence-electron chi connectivity index (χ0n) is 15.8. The summed E-state index contributed by atoms with van der Waals surface area (Å²) in [4.78, 5) is 17.1. The Morgan fingerprint density at radius 3 is 2.75 bits per heavy atom. The van der Waals surface area contributed by atoms with Crippen molar-refractivity contribution in [3.63, 3.8) is 0 Å². The van der Waals surface area contributed by atoms with E-state index in [0.717, 1.165) is 29.0 Å². The summed E-state index contributed by atoms with van der Waals surface area (Å²) in [5.74, 6) is 0.457. The third kappa shape index (κ3) is 3.27. The molecule has 2 heterocycles. The first-order valence-corrected chi connectivity index (χ1v) is 9.37. The predicted molar refractivity (Wildman–Crippen MR) is 109 cm³/mol. The molecule has 1 N–H and O–H groups in total. The second-order valence-electron chi connectivity index (χ2n) is 6.54. The Balaban J connectivity index is 1.61. The molecular formula is C21H19ClN4O2. The fourth-order valence-electron chi connectivity index (χ4n) is 3.06. The summed E-state index contributed by atoms with van der Waals surface area (Å²) in [6.07, 6.45) is 0.722. The highest BCUT2D eigenvalue weighted by Gasteiger charge is 2.13. The van der Waals surface area contributed by atoms with Crippen molar-refractivity contribution < 1.29 is 9.21 Å². The molecule has 4 aromatic rings. The number of carbonyl (C=O) groups is 1. The fraction of sp³-hybridized carbons (Fsp3) is 0.190. The van der Waals surface area contributed by atoms with Crippen molar-refractivity contribution in [3.8, 4) is 5.69 Å². The lowest BCUT2D eigenvalue weighted by Gasteiger charge is -2.08. The Kier molecular flexibility index (Phi) is 4.65. The summed E-state index contributed by atoms with van der Waals surface area (Å²) >= 11 is 6.24. The number of nitrogens with zero attached hydrogens (tertiary/aromatic N) is 3. The molecule has 0 unspecified atom stereocenters. The molecule has 6 nitrogen and oxygen atoms in total. The van der Waals surface area contributed by atoms with Crippen molar-refractivity contribution in [2.75, 3.05) is 5.32 Å². The summed E-state index contributed by atoms with van der Waals surface area (Å²) in [6, 6.07) is 12.7. The first-order chi connectivity index (χ1) is 13.5. The highest BCUT2D eigenvalue weighted by atomic mass is 35.5. The maximum absolute atomic E-state index is 12.7. The van der Waals surface area contributed by atoms with Gasteiger partial charge in [0.15, 0.2) is 11.5 Å². The van der Waals surface area contributed by atoms with Crippen LogP contribution in [0.3, 0.4) is 0 Å². The summed E-state index contributed by atoms with van der Waals surface area (Å²) in [5.41, 5.74) is 4.96. The molecule has 4 rings (SSSR count). The third-order valence-corrected chi connectivity index (χ3v) is 5.10. The minimum Gasteiger partial charge on any atom is -0.441 e. The Morgan fingerprint density at radius 2 is 2.04 bits per heavy atom. The number of halogens is 1. The molecular weight excluding hydrogens is 376 g/mol. The molecule has 1 amide bonds. The fourth-order valence-corrected chi connectivity index (χ4v) is 3.18. The molecule has 0 saturated carbocycles. The molecule has 2 aromatic carbocycles. The van der Waals surface area contributed by atoms with Gasteiger partial charge in [0.2, 0.25) is 0 Å². The van der Waals surface area contributed by atoms with Crippen molar-refractivity contribution in [3.05, 3.63) is 70.3 Å². The Hall–Kier alpha value is -3.12. The van der Waals surface area contributed by atoms with Gasteiger partial charge in [-0.05, 0) is 44.2 Å². The number of hydrogen-bond acceptors (Lipinski definition) is 4. The van der Waals surface area contributed by atoms with E-state index in [2.05, 4.69) is 15.4 Å². The zero-order valence-corrected chi connectivity index (χ0v) is 16.5. The van der Waals surface area contributed by atoms with Gasteiger partial charge in [0.05, 0.1) is 22.1 Å². The second-order valence-corrected chi connectivity index (χ2v) is 6.92. The van der Waals surface area contributed by atoms with Gasteiger partial charge in [0.1, 0.15) is 5.52 Å². The number of hydrogen-bond donors (Lipinski definition) is 1. The summed E-state index contributed by atoms with van der Waals surface area (Å²) in [7, 11) is 0. The number of aromatic nitrogens is 3. The molecule has 0 saturated heterocycles. The topological polar surface area (TPSA) is 73.0 Å². The smallest absolute Gasteiger partial charge is 0.255 e. The largest absolute Gasteiger partial charge is 0.441 e. The van der Waals surface area contributed by atoms with Crippen molar-refractivity contribution in [2.24, 2.45) is 0 Å². The Morgan fingerprint density at radius 1 is 1.21 bits per heavy atom. The standard InChI is InChI=1S/C21H19ClN4O2/c1-4-19-24-17-9-8-15(11-18(17)28-19)23-21(27)14-6-5-7-16(10-14)26-13(3)20(22)12(2)25-26/h5-11H,4H2,1-3H3,(H,23,27). The molecule has 0 aliphatic rings.